The molecule has 3 amide bonds. The number of carbonyl (C=O) groups is 4. The fourth-order valence-corrected chi connectivity index (χ4v) is 4.73. The van der Waals surface area contributed by atoms with Gasteiger partial charge in [0.15, 0.2) is 11.5 Å². The number of benzene rings is 1. The zero-order chi connectivity index (χ0) is 20.5. The Balaban J connectivity index is 1.84. The van der Waals surface area contributed by atoms with Crippen LogP contribution in [0.4, 0.5) is 10.5 Å². The van der Waals surface area contributed by atoms with Gasteiger partial charge >= 0.3 is 5.97 Å². The molecule has 0 bridgehead atoms. The lowest BCUT2D eigenvalue weighted by Crippen LogP contribution is -2.58. The van der Waals surface area contributed by atoms with E-state index in [0.717, 1.165) is 9.58 Å². The zero-order valence-corrected chi connectivity index (χ0v) is 15.3. The van der Waals surface area contributed by atoms with Crippen molar-refractivity contribution in [3.05, 3.63) is 40.3 Å². The van der Waals surface area contributed by atoms with Crippen LogP contribution in [0, 0.1) is 0 Å². The first-order valence-corrected chi connectivity index (χ1v) is 9.41. The highest BCUT2D eigenvalue weighted by Gasteiger charge is 2.59. The normalized spacial score (nSPS) is 24.8. The average molecular weight is 413 g/mol. The van der Waals surface area contributed by atoms with Crippen molar-refractivity contribution in [2.45, 2.75) is 23.8 Å². The SMILES string of the molecule is O=C1NC(=O)C(c2nn3c(nc2=O)-c2ccccc2N2C(=O)CCC23C(=O)O)S1. The highest BCUT2D eigenvalue weighted by atomic mass is 32.2. The van der Waals surface area contributed by atoms with Crippen molar-refractivity contribution >= 4 is 40.5 Å². The number of thioether (sulfide) groups is 1. The fourth-order valence-electron chi connectivity index (χ4n) is 3.93. The van der Waals surface area contributed by atoms with Crippen molar-refractivity contribution in [3.8, 4) is 11.4 Å². The molecule has 3 aliphatic heterocycles. The predicted molar refractivity (Wildman–Crippen MR) is 97.9 cm³/mol. The van der Waals surface area contributed by atoms with Crippen molar-refractivity contribution in [1.82, 2.24) is 20.1 Å². The number of hydrogen-bond acceptors (Lipinski definition) is 8. The third-order valence-corrected chi connectivity index (χ3v) is 6.15. The number of fused-ring (bicyclic) bond motifs is 6. The molecule has 4 heterocycles. The number of nitrogens with one attached hydrogen (secondary N) is 1. The Bertz CT molecular complexity index is 1210. The van der Waals surface area contributed by atoms with Gasteiger partial charge in [-0.2, -0.15) is 10.1 Å². The van der Waals surface area contributed by atoms with E-state index in [-0.39, 0.29) is 24.4 Å². The molecule has 29 heavy (non-hydrogen) atoms. The summed E-state index contributed by atoms with van der Waals surface area (Å²) in [4.78, 5) is 66.4. The smallest absolute Gasteiger partial charge is 0.353 e. The molecule has 0 spiro atoms. The van der Waals surface area contributed by atoms with Gasteiger partial charge in [0, 0.05) is 18.4 Å². The number of aromatic nitrogens is 3. The summed E-state index contributed by atoms with van der Waals surface area (Å²) >= 11 is 0.567. The van der Waals surface area contributed by atoms with Crippen LogP contribution in [0.25, 0.3) is 11.4 Å². The van der Waals surface area contributed by atoms with E-state index < -0.39 is 39.5 Å². The number of carbonyl (C=O) groups excluding carboxylic acids is 3. The summed E-state index contributed by atoms with van der Waals surface area (Å²) in [5.41, 5.74) is -2.43. The highest BCUT2D eigenvalue weighted by molar-refractivity contribution is 8.15. The molecular weight excluding hydrogens is 402 g/mol. The second kappa shape index (κ2) is 5.73. The van der Waals surface area contributed by atoms with Gasteiger partial charge in [0.1, 0.15) is 5.25 Å². The van der Waals surface area contributed by atoms with E-state index in [0.29, 0.717) is 23.0 Å². The summed E-state index contributed by atoms with van der Waals surface area (Å²) in [7, 11) is 0. The van der Waals surface area contributed by atoms with Crippen LogP contribution in [-0.4, -0.2) is 42.9 Å². The van der Waals surface area contributed by atoms with Gasteiger partial charge in [-0.3, -0.25) is 29.4 Å². The molecule has 0 aliphatic carbocycles. The molecule has 2 unspecified atom stereocenters. The number of aliphatic carboxylic acids is 1. The Kier molecular flexibility index (Phi) is 3.47. The predicted octanol–water partition coefficient (Wildman–Crippen LogP) is 0.207. The number of carboxylic acid groups (broad SMARTS) is 1. The van der Waals surface area contributed by atoms with Crippen LogP contribution >= 0.6 is 11.8 Å². The van der Waals surface area contributed by atoms with Gasteiger partial charge < -0.3 is 5.11 Å². The molecule has 2 saturated heterocycles. The first-order valence-electron chi connectivity index (χ1n) is 8.53. The van der Waals surface area contributed by atoms with Crippen molar-refractivity contribution < 1.29 is 24.3 Å². The van der Waals surface area contributed by atoms with Crippen molar-refractivity contribution in [2.75, 3.05) is 4.90 Å². The number of imide groups is 1. The van der Waals surface area contributed by atoms with Crippen LogP contribution in [0.2, 0.25) is 0 Å². The van der Waals surface area contributed by atoms with Crippen LogP contribution in [0.1, 0.15) is 23.8 Å². The molecule has 11 nitrogen and oxygen atoms in total. The summed E-state index contributed by atoms with van der Waals surface area (Å²) in [5.74, 6) is -2.50. The lowest BCUT2D eigenvalue weighted by Gasteiger charge is -2.41. The molecular formula is C17H11N5O6S. The first kappa shape index (κ1) is 17.6. The van der Waals surface area contributed by atoms with Crippen LogP contribution in [0.5, 0.6) is 0 Å². The van der Waals surface area contributed by atoms with Crippen LogP contribution in [-0.2, 0) is 20.0 Å². The summed E-state index contributed by atoms with van der Waals surface area (Å²) in [6.07, 6.45) is -0.136. The van der Waals surface area contributed by atoms with Gasteiger partial charge in [-0.15, -0.1) is 0 Å². The maximum absolute atomic E-state index is 12.7. The van der Waals surface area contributed by atoms with Crippen molar-refractivity contribution in [3.63, 3.8) is 0 Å². The second-order valence-corrected chi connectivity index (χ2v) is 7.76. The lowest BCUT2D eigenvalue weighted by molar-refractivity contribution is -0.148. The van der Waals surface area contributed by atoms with Gasteiger partial charge in [0.05, 0.1) is 5.69 Å². The standard InChI is InChI=1S/C17H11N5O6S/c23-9-5-6-17(15(26)27)21(9)8-4-2-1-3-7(8)12-18-13(24)10(20-22(12)17)11-14(25)19-16(28)29-11/h1-4,11H,5-6H2,(H,26,27)(H,19,25,28). The molecule has 0 radical (unpaired) electrons. The van der Waals surface area contributed by atoms with E-state index in [1.165, 1.54) is 0 Å². The first-order chi connectivity index (χ1) is 13.8. The maximum Gasteiger partial charge on any atom is 0.353 e. The van der Waals surface area contributed by atoms with Crippen molar-refractivity contribution in [1.29, 1.82) is 0 Å². The quantitative estimate of drug-likeness (QED) is 0.703. The van der Waals surface area contributed by atoms with E-state index in [4.69, 9.17) is 0 Å². The van der Waals surface area contributed by atoms with Crippen LogP contribution in [0.3, 0.4) is 0 Å². The van der Waals surface area contributed by atoms with E-state index in [2.05, 4.69) is 15.4 Å². The highest BCUT2D eigenvalue weighted by Crippen LogP contribution is 2.48. The van der Waals surface area contributed by atoms with Gasteiger partial charge in [-0.1, -0.05) is 12.1 Å². The molecule has 2 aromatic rings. The molecule has 12 heteroatoms. The fraction of sp³-hybridized carbons (Fsp3) is 0.235. The minimum Gasteiger partial charge on any atom is -0.478 e. The van der Waals surface area contributed by atoms with Gasteiger partial charge in [0.2, 0.25) is 17.5 Å². The number of hydrogen-bond donors (Lipinski definition) is 2. The van der Waals surface area contributed by atoms with E-state index in [1.807, 2.05) is 0 Å². The van der Waals surface area contributed by atoms with E-state index in [1.54, 1.807) is 24.3 Å². The topological polar surface area (TPSA) is 152 Å². The van der Waals surface area contributed by atoms with Gasteiger partial charge in [0.25, 0.3) is 10.8 Å². The molecule has 2 atom stereocenters. The Morgan fingerprint density at radius 3 is 2.69 bits per heavy atom. The summed E-state index contributed by atoms with van der Waals surface area (Å²) in [6, 6.07) is 6.50. The molecule has 0 saturated carbocycles. The molecule has 5 rings (SSSR count). The number of anilines is 1. The molecule has 2 fully saturated rings. The molecule has 2 N–H and O–H groups in total. The third-order valence-electron chi connectivity index (χ3n) is 5.16. The average Bonchev–Trinajstić information content (AvgIpc) is 3.21. The summed E-state index contributed by atoms with van der Waals surface area (Å²) in [5, 5.41) is 14.5. The molecule has 3 aliphatic rings. The second-order valence-electron chi connectivity index (χ2n) is 6.68. The number of rotatable bonds is 2. The number of para-hydroxylation sites is 1. The minimum absolute atomic E-state index is 0.0163. The molecule has 1 aromatic carbocycles. The zero-order valence-electron chi connectivity index (χ0n) is 14.5. The Hall–Kier alpha value is -3.54. The maximum atomic E-state index is 12.7. The van der Waals surface area contributed by atoms with Crippen molar-refractivity contribution in [2.24, 2.45) is 0 Å². The Morgan fingerprint density at radius 1 is 1.24 bits per heavy atom. The Labute approximate surface area is 165 Å². The van der Waals surface area contributed by atoms with Crippen LogP contribution < -0.4 is 15.8 Å². The summed E-state index contributed by atoms with van der Waals surface area (Å²) < 4.78 is 1.02. The van der Waals surface area contributed by atoms with E-state index in [9.17, 15) is 29.1 Å². The Morgan fingerprint density at radius 2 is 2.00 bits per heavy atom. The lowest BCUT2D eigenvalue weighted by atomic mass is 10.00. The summed E-state index contributed by atoms with van der Waals surface area (Å²) in [6.45, 7) is 0. The van der Waals surface area contributed by atoms with Gasteiger partial charge in [-0.25, -0.2) is 9.48 Å². The van der Waals surface area contributed by atoms with Crippen LogP contribution in [0.15, 0.2) is 29.1 Å². The number of nitrogens with zero attached hydrogens (tertiary/aromatic N) is 4. The third kappa shape index (κ3) is 2.17. The number of carboxylic acids is 1. The monoisotopic (exact) mass is 413 g/mol. The van der Waals surface area contributed by atoms with Gasteiger partial charge in [-0.05, 0) is 23.9 Å². The largest absolute Gasteiger partial charge is 0.478 e. The minimum atomic E-state index is -1.92. The van der Waals surface area contributed by atoms with E-state index >= 15 is 0 Å². The number of amides is 3. The molecule has 1 aromatic heterocycles. The molecule has 146 valence electrons.